The number of carbonyl (C=O) groups excluding carboxylic acids is 1. The maximum atomic E-state index is 14.3. The third-order valence-electron chi connectivity index (χ3n) is 7.69. The molecule has 0 spiro atoms. The van der Waals surface area contributed by atoms with E-state index in [0.717, 1.165) is 23.3 Å². The molecule has 1 saturated carbocycles. The second-order valence-corrected chi connectivity index (χ2v) is 9.81. The summed E-state index contributed by atoms with van der Waals surface area (Å²) < 4.78 is 16.1. The summed E-state index contributed by atoms with van der Waals surface area (Å²) in [5, 5.41) is 9.12. The van der Waals surface area contributed by atoms with Crippen LogP contribution in [0.4, 0.5) is 15.8 Å². The number of aryl methyl sites for hydroxylation is 1. The largest absolute Gasteiger partial charge is 0.381 e. The molecule has 2 aromatic heterocycles. The van der Waals surface area contributed by atoms with Gasteiger partial charge in [0.2, 0.25) is 0 Å². The van der Waals surface area contributed by atoms with Crippen molar-refractivity contribution in [1.29, 1.82) is 0 Å². The van der Waals surface area contributed by atoms with Gasteiger partial charge in [0.1, 0.15) is 5.82 Å². The number of pyridine rings is 1. The van der Waals surface area contributed by atoms with E-state index in [1.807, 2.05) is 33.7 Å². The predicted molar refractivity (Wildman–Crippen MR) is 137 cm³/mol. The Morgan fingerprint density at radius 1 is 1.11 bits per heavy atom. The molecule has 1 saturated heterocycles. The molecule has 1 atom stereocenters. The summed E-state index contributed by atoms with van der Waals surface area (Å²) in [6, 6.07) is 7.08. The van der Waals surface area contributed by atoms with Gasteiger partial charge >= 0.3 is 0 Å². The van der Waals surface area contributed by atoms with Crippen molar-refractivity contribution < 1.29 is 9.18 Å². The minimum atomic E-state index is -0.224. The quantitative estimate of drug-likeness (QED) is 0.544. The molecule has 1 aromatic carbocycles. The van der Waals surface area contributed by atoms with Gasteiger partial charge in [-0.2, -0.15) is 5.10 Å². The summed E-state index contributed by atoms with van der Waals surface area (Å²) >= 11 is 0. The van der Waals surface area contributed by atoms with Crippen LogP contribution in [0.3, 0.4) is 0 Å². The predicted octanol–water partition coefficient (Wildman–Crippen LogP) is 4.93. The van der Waals surface area contributed by atoms with Crippen LogP contribution in [0.5, 0.6) is 0 Å². The van der Waals surface area contributed by atoms with E-state index in [4.69, 9.17) is 0 Å². The fourth-order valence-electron chi connectivity index (χ4n) is 5.58. The number of nitrogens with zero attached hydrogens (tertiary/aromatic N) is 5. The van der Waals surface area contributed by atoms with Crippen molar-refractivity contribution in [1.82, 2.24) is 19.7 Å². The number of hydrogen-bond acceptors (Lipinski definition) is 5. The monoisotopic (exact) mass is 478 g/mol. The van der Waals surface area contributed by atoms with E-state index in [0.29, 0.717) is 43.3 Å². The smallest absolute Gasteiger partial charge is 0.257 e. The highest BCUT2D eigenvalue weighted by molar-refractivity contribution is 6.06. The lowest BCUT2D eigenvalue weighted by Crippen LogP contribution is -2.49. The molecule has 8 heteroatoms. The molecule has 186 valence electrons. The number of amides is 1. The van der Waals surface area contributed by atoms with Gasteiger partial charge < -0.3 is 15.1 Å². The van der Waals surface area contributed by atoms with Crippen molar-refractivity contribution in [3.05, 3.63) is 48.0 Å². The van der Waals surface area contributed by atoms with E-state index in [-0.39, 0.29) is 17.8 Å². The van der Waals surface area contributed by atoms with Gasteiger partial charge in [0.25, 0.3) is 5.91 Å². The van der Waals surface area contributed by atoms with Gasteiger partial charge in [0.05, 0.1) is 28.5 Å². The number of hydrogen-bond donors (Lipinski definition) is 1. The van der Waals surface area contributed by atoms with Gasteiger partial charge in [-0.1, -0.05) is 31.4 Å². The standard InChI is InChI=1S/C27H35FN6O/c1-3-34-26-21(18-30-34)25(31-19(2)20-9-5-4-6-10-20)22(17-29-26)27(35)33-15-13-32(14-16-33)24-12-8-7-11-23(24)28/h7-8,11-12,17-20H,3-6,9-10,13-16H2,1-2H3,(H,29,31)/t19-/m1/s1. The maximum absolute atomic E-state index is 14.3. The Labute approximate surface area is 206 Å². The molecular weight excluding hydrogens is 443 g/mol. The molecule has 2 aliphatic rings. The Morgan fingerprint density at radius 2 is 1.86 bits per heavy atom. The zero-order valence-electron chi connectivity index (χ0n) is 20.7. The Bertz CT molecular complexity index is 1180. The lowest BCUT2D eigenvalue weighted by molar-refractivity contribution is 0.0747. The van der Waals surface area contributed by atoms with Crippen molar-refractivity contribution in [2.24, 2.45) is 5.92 Å². The van der Waals surface area contributed by atoms with E-state index in [1.165, 1.54) is 38.2 Å². The first-order valence-electron chi connectivity index (χ1n) is 13.0. The number of rotatable bonds is 6. The molecule has 0 bridgehead atoms. The van der Waals surface area contributed by atoms with Crippen molar-refractivity contribution in [3.8, 4) is 0 Å². The first-order valence-corrected chi connectivity index (χ1v) is 13.0. The lowest BCUT2D eigenvalue weighted by atomic mass is 9.84. The van der Waals surface area contributed by atoms with Crippen LogP contribution in [0.1, 0.15) is 56.3 Å². The maximum Gasteiger partial charge on any atom is 0.257 e. The highest BCUT2D eigenvalue weighted by Crippen LogP contribution is 2.33. The molecule has 0 radical (unpaired) electrons. The fourth-order valence-corrected chi connectivity index (χ4v) is 5.58. The number of para-hydroxylation sites is 1. The minimum Gasteiger partial charge on any atom is -0.381 e. The van der Waals surface area contributed by atoms with E-state index in [1.54, 1.807) is 18.3 Å². The van der Waals surface area contributed by atoms with E-state index in [9.17, 15) is 9.18 Å². The van der Waals surface area contributed by atoms with Crippen molar-refractivity contribution in [3.63, 3.8) is 0 Å². The van der Waals surface area contributed by atoms with Crippen LogP contribution in [0.25, 0.3) is 11.0 Å². The number of piperazine rings is 1. The Morgan fingerprint density at radius 3 is 2.57 bits per heavy atom. The van der Waals surface area contributed by atoms with Gasteiger partial charge in [-0.25, -0.2) is 14.1 Å². The highest BCUT2D eigenvalue weighted by Gasteiger charge is 2.28. The SMILES string of the molecule is CCn1ncc2c(N[C@H](C)C3CCCCC3)c(C(=O)N3CCN(c4ccccc4F)CC3)cnc21. The second kappa shape index (κ2) is 10.2. The number of nitrogens with one attached hydrogen (secondary N) is 1. The zero-order chi connectivity index (χ0) is 24.4. The molecule has 7 nitrogen and oxygen atoms in total. The summed E-state index contributed by atoms with van der Waals surface area (Å²) in [4.78, 5) is 22.2. The molecule has 0 unspecified atom stereocenters. The summed E-state index contributed by atoms with van der Waals surface area (Å²) in [5.41, 5.74) is 2.83. The number of anilines is 2. The van der Waals surface area contributed by atoms with Gasteiger partial charge in [-0.3, -0.25) is 4.79 Å². The summed E-state index contributed by atoms with van der Waals surface area (Å²) in [7, 11) is 0. The molecule has 35 heavy (non-hydrogen) atoms. The topological polar surface area (TPSA) is 66.3 Å². The Hall–Kier alpha value is -3.16. The summed E-state index contributed by atoms with van der Waals surface area (Å²) in [6.07, 6.45) is 9.83. The van der Waals surface area contributed by atoms with Gasteiger partial charge in [-0.05, 0) is 44.7 Å². The van der Waals surface area contributed by atoms with Crippen LogP contribution in [-0.2, 0) is 6.54 Å². The first-order chi connectivity index (χ1) is 17.1. The van der Waals surface area contributed by atoms with Gasteiger partial charge in [-0.15, -0.1) is 0 Å². The molecule has 2 fully saturated rings. The third kappa shape index (κ3) is 4.70. The van der Waals surface area contributed by atoms with Gasteiger partial charge in [0, 0.05) is 45.0 Å². The second-order valence-electron chi connectivity index (χ2n) is 9.81. The normalized spacial score (nSPS) is 18.1. The molecule has 1 amide bonds. The van der Waals surface area contributed by atoms with Crippen LogP contribution in [0.15, 0.2) is 36.7 Å². The molecule has 3 heterocycles. The Kier molecular flexibility index (Phi) is 6.88. The lowest BCUT2D eigenvalue weighted by Gasteiger charge is -2.36. The van der Waals surface area contributed by atoms with Crippen LogP contribution in [0.2, 0.25) is 0 Å². The fraction of sp³-hybridized carbons (Fsp3) is 0.519. The van der Waals surface area contributed by atoms with Crippen molar-refractivity contribution >= 4 is 28.3 Å². The van der Waals surface area contributed by atoms with E-state index < -0.39 is 0 Å². The number of benzene rings is 1. The molecule has 5 rings (SSSR count). The Balaban J connectivity index is 1.39. The first kappa shape index (κ1) is 23.6. The number of carbonyl (C=O) groups is 1. The average molecular weight is 479 g/mol. The molecule has 1 aliphatic heterocycles. The van der Waals surface area contributed by atoms with Crippen LogP contribution in [0, 0.1) is 11.7 Å². The summed E-state index contributed by atoms with van der Waals surface area (Å²) in [6.45, 7) is 7.26. The number of aromatic nitrogens is 3. The average Bonchev–Trinajstić information content (AvgIpc) is 3.33. The molecule has 3 aromatic rings. The van der Waals surface area contributed by atoms with Crippen LogP contribution >= 0.6 is 0 Å². The minimum absolute atomic E-state index is 0.0322. The zero-order valence-corrected chi connectivity index (χ0v) is 20.7. The molecule has 1 N–H and O–H groups in total. The van der Waals surface area contributed by atoms with Crippen molar-refractivity contribution in [2.75, 3.05) is 36.4 Å². The number of fused-ring (bicyclic) bond motifs is 1. The van der Waals surface area contributed by atoms with Gasteiger partial charge in [0.15, 0.2) is 5.65 Å². The van der Waals surface area contributed by atoms with E-state index in [2.05, 4.69) is 22.3 Å². The molecular formula is C27H35FN6O. The van der Waals surface area contributed by atoms with E-state index >= 15 is 0 Å². The number of halogens is 1. The van der Waals surface area contributed by atoms with Crippen molar-refractivity contribution in [2.45, 2.75) is 58.5 Å². The highest BCUT2D eigenvalue weighted by atomic mass is 19.1. The summed E-state index contributed by atoms with van der Waals surface area (Å²) in [5.74, 6) is 0.341. The third-order valence-corrected chi connectivity index (χ3v) is 7.69. The van der Waals surface area contributed by atoms with Crippen LogP contribution < -0.4 is 10.2 Å². The molecule has 1 aliphatic carbocycles. The van der Waals surface area contributed by atoms with Crippen LogP contribution in [-0.4, -0.2) is 57.8 Å².